The van der Waals surface area contributed by atoms with Crippen LogP contribution in [-0.2, 0) is 19.1 Å². The number of carbonyl (C=O) groups is 2. The first-order chi connectivity index (χ1) is 10.1. The lowest BCUT2D eigenvalue weighted by Gasteiger charge is -2.12. The minimum absolute atomic E-state index is 0.0403. The SMILES string of the molecule is COC(=O)/C=C(/Nc1c(Cl)ccc2c1OCO2)C(=O)OC. The predicted octanol–water partition coefficient (Wildman–Crippen LogP) is 1.71. The number of hydrogen-bond donors (Lipinski definition) is 1. The molecule has 7 nitrogen and oxygen atoms in total. The molecule has 0 saturated carbocycles. The summed E-state index contributed by atoms with van der Waals surface area (Å²) in [6, 6.07) is 3.21. The van der Waals surface area contributed by atoms with Crippen LogP contribution in [0, 0.1) is 0 Å². The summed E-state index contributed by atoms with van der Waals surface area (Å²) in [6.07, 6.45) is 0.956. The van der Waals surface area contributed by atoms with Gasteiger partial charge >= 0.3 is 11.9 Å². The van der Waals surface area contributed by atoms with Crippen molar-refractivity contribution in [3.8, 4) is 11.5 Å². The van der Waals surface area contributed by atoms with Crippen LogP contribution < -0.4 is 14.8 Å². The molecule has 1 aliphatic rings. The van der Waals surface area contributed by atoms with Crippen molar-refractivity contribution in [3.05, 3.63) is 28.9 Å². The Bertz CT molecular complexity index is 613. The molecular formula is C13H12ClNO6. The van der Waals surface area contributed by atoms with Crippen LogP contribution >= 0.6 is 11.6 Å². The molecule has 8 heteroatoms. The van der Waals surface area contributed by atoms with Crippen LogP contribution in [0.25, 0.3) is 0 Å². The minimum atomic E-state index is -0.756. The number of benzene rings is 1. The molecule has 0 atom stereocenters. The molecule has 0 bridgehead atoms. The third kappa shape index (κ3) is 3.19. The number of methoxy groups -OCH3 is 2. The second-order valence-electron chi connectivity index (χ2n) is 3.85. The number of halogens is 1. The molecule has 0 saturated heterocycles. The van der Waals surface area contributed by atoms with Crippen LogP contribution in [0.4, 0.5) is 5.69 Å². The van der Waals surface area contributed by atoms with E-state index in [4.69, 9.17) is 21.1 Å². The Labute approximate surface area is 125 Å². The van der Waals surface area contributed by atoms with Crippen LogP contribution in [0.5, 0.6) is 11.5 Å². The maximum Gasteiger partial charge on any atom is 0.354 e. The van der Waals surface area contributed by atoms with E-state index in [1.165, 1.54) is 14.2 Å². The van der Waals surface area contributed by atoms with Gasteiger partial charge in [0.15, 0.2) is 11.5 Å². The molecule has 0 fully saturated rings. The van der Waals surface area contributed by atoms with Crippen LogP contribution in [0.2, 0.25) is 5.02 Å². The Morgan fingerprint density at radius 3 is 2.71 bits per heavy atom. The number of hydrogen-bond acceptors (Lipinski definition) is 7. The van der Waals surface area contributed by atoms with Crippen molar-refractivity contribution >= 4 is 29.2 Å². The summed E-state index contributed by atoms with van der Waals surface area (Å²) < 4.78 is 19.6. The zero-order valence-corrected chi connectivity index (χ0v) is 12.0. The Kier molecular flexibility index (Phi) is 4.54. The van der Waals surface area contributed by atoms with Gasteiger partial charge in [0, 0.05) is 0 Å². The summed E-state index contributed by atoms with van der Waals surface area (Å²) in [5, 5.41) is 3.00. The fraction of sp³-hybridized carbons (Fsp3) is 0.231. The van der Waals surface area contributed by atoms with Crippen LogP contribution in [0.3, 0.4) is 0 Å². The van der Waals surface area contributed by atoms with Crippen LogP contribution in [0.15, 0.2) is 23.9 Å². The maximum atomic E-state index is 11.7. The van der Waals surface area contributed by atoms with E-state index >= 15 is 0 Å². The molecule has 0 aromatic heterocycles. The van der Waals surface area contributed by atoms with Crippen molar-refractivity contribution in [1.82, 2.24) is 0 Å². The monoisotopic (exact) mass is 313 g/mol. The third-order valence-electron chi connectivity index (χ3n) is 2.62. The van der Waals surface area contributed by atoms with Crippen molar-refractivity contribution in [1.29, 1.82) is 0 Å². The van der Waals surface area contributed by atoms with Gasteiger partial charge in [-0.2, -0.15) is 0 Å². The number of nitrogens with one attached hydrogen (secondary N) is 1. The van der Waals surface area contributed by atoms with Gasteiger partial charge in [-0.3, -0.25) is 0 Å². The second-order valence-corrected chi connectivity index (χ2v) is 4.26. The smallest absolute Gasteiger partial charge is 0.354 e. The van der Waals surface area contributed by atoms with Gasteiger partial charge in [-0.25, -0.2) is 9.59 Å². The average molecular weight is 314 g/mol. The Balaban J connectivity index is 2.38. The van der Waals surface area contributed by atoms with E-state index < -0.39 is 11.9 Å². The molecule has 0 unspecified atom stereocenters. The summed E-state index contributed by atoms with van der Waals surface area (Å²) in [5.74, 6) is -0.650. The van der Waals surface area contributed by atoms with Crippen LogP contribution in [0.1, 0.15) is 0 Å². The Morgan fingerprint density at radius 1 is 1.29 bits per heavy atom. The summed E-state index contributed by atoms with van der Waals surface area (Å²) in [7, 11) is 2.38. The third-order valence-corrected chi connectivity index (χ3v) is 2.93. The topological polar surface area (TPSA) is 83.1 Å². The van der Waals surface area contributed by atoms with Gasteiger partial charge in [-0.05, 0) is 12.1 Å². The number of fused-ring (bicyclic) bond motifs is 1. The summed E-state index contributed by atoms with van der Waals surface area (Å²) >= 11 is 6.08. The number of rotatable bonds is 4. The zero-order valence-electron chi connectivity index (χ0n) is 11.3. The number of carbonyl (C=O) groups excluding carboxylic acids is 2. The van der Waals surface area contributed by atoms with Crippen molar-refractivity contribution in [2.75, 3.05) is 26.3 Å². The minimum Gasteiger partial charge on any atom is -0.466 e. The van der Waals surface area contributed by atoms with E-state index in [2.05, 4.69) is 14.8 Å². The molecule has 0 aliphatic carbocycles. The molecule has 1 aromatic rings. The first-order valence-electron chi connectivity index (χ1n) is 5.80. The molecule has 0 spiro atoms. The summed E-state index contributed by atoms with van der Waals surface area (Å²) in [4.78, 5) is 23.0. The fourth-order valence-electron chi connectivity index (χ4n) is 1.63. The van der Waals surface area contributed by atoms with Crippen molar-refractivity contribution in [2.24, 2.45) is 0 Å². The molecule has 1 heterocycles. The van der Waals surface area contributed by atoms with Crippen molar-refractivity contribution in [2.45, 2.75) is 0 Å². The number of ether oxygens (including phenoxy) is 4. The van der Waals surface area contributed by atoms with E-state index in [1.807, 2.05) is 0 Å². The lowest BCUT2D eigenvalue weighted by atomic mass is 10.2. The van der Waals surface area contributed by atoms with E-state index in [1.54, 1.807) is 12.1 Å². The molecule has 0 radical (unpaired) electrons. The average Bonchev–Trinajstić information content (AvgIpc) is 2.96. The van der Waals surface area contributed by atoms with Gasteiger partial charge in [-0.1, -0.05) is 11.6 Å². The zero-order chi connectivity index (χ0) is 15.4. The highest BCUT2D eigenvalue weighted by molar-refractivity contribution is 6.34. The van der Waals surface area contributed by atoms with Crippen molar-refractivity contribution < 1.29 is 28.5 Å². The Morgan fingerprint density at radius 2 is 2.05 bits per heavy atom. The van der Waals surface area contributed by atoms with E-state index in [-0.39, 0.29) is 12.5 Å². The normalized spacial score (nSPS) is 12.8. The van der Waals surface area contributed by atoms with Crippen LogP contribution in [-0.4, -0.2) is 33.0 Å². The molecule has 2 rings (SSSR count). The Hall–Kier alpha value is -2.41. The fourth-order valence-corrected chi connectivity index (χ4v) is 1.83. The maximum absolute atomic E-state index is 11.7. The second kappa shape index (κ2) is 6.36. The van der Waals surface area contributed by atoms with Gasteiger partial charge in [0.1, 0.15) is 11.4 Å². The highest BCUT2D eigenvalue weighted by Crippen LogP contribution is 2.44. The van der Waals surface area contributed by atoms with Gasteiger partial charge in [0.2, 0.25) is 6.79 Å². The van der Waals surface area contributed by atoms with Gasteiger partial charge in [-0.15, -0.1) is 0 Å². The van der Waals surface area contributed by atoms with Gasteiger partial charge in [0.25, 0.3) is 0 Å². The summed E-state index contributed by atoms with van der Waals surface area (Å²) in [5.41, 5.74) is 0.155. The molecule has 112 valence electrons. The number of esters is 2. The van der Waals surface area contributed by atoms with E-state index in [9.17, 15) is 9.59 Å². The van der Waals surface area contributed by atoms with Crippen molar-refractivity contribution in [3.63, 3.8) is 0 Å². The lowest BCUT2D eigenvalue weighted by molar-refractivity contribution is -0.138. The highest BCUT2D eigenvalue weighted by atomic mass is 35.5. The lowest BCUT2D eigenvalue weighted by Crippen LogP contribution is -2.16. The molecule has 0 amide bonds. The van der Waals surface area contributed by atoms with Gasteiger partial charge in [0.05, 0.1) is 25.3 Å². The largest absolute Gasteiger partial charge is 0.466 e. The first-order valence-corrected chi connectivity index (χ1v) is 6.17. The quantitative estimate of drug-likeness (QED) is 0.669. The van der Waals surface area contributed by atoms with E-state index in [0.29, 0.717) is 22.2 Å². The number of anilines is 1. The molecule has 1 aliphatic heterocycles. The molecule has 21 heavy (non-hydrogen) atoms. The first kappa shape index (κ1) is 15.0. The highest BCUT2D eigenvalue weighted by Gasteiger charge is 2.23. The summed E-state index contributed by atoms with van der Waals surface area (Å²) in [6.45, 7) is 0.0403. The molecule has 1 N–H and O–H groups in total. The molecular weight excluding hydrogens is 302 g/mol. The standard InChI is InChI=1S/C13H12ClNO6/c1-18-10(16)5-8(13(17)19-2)15-11-7(14)3-4-9-12(11)21-6-20-9/h3-5,15H,6H2,1-2H3/b8-5+. The molecule has 1 aromatic carbocycles. The van der Waals surface area contributed by atoms with E-state index in [0.717, 1.165) is 6.08 Å². The predicted molar refractivity (Wildman–Crippen MR) is 73.3 cm³/mol. The van der Waals surface area contributed by atoms with Gasteiger partial charge < -0.3 is 24.3 Å².